The molecule has 0 aliphatic heterocycles. The van der Waals surface area contributed by atoms with E-state index in [0.717, 1.165) is 16.3 Å². The number of amides is 1. The van der Waals surface area contributed by atoms with Gasteiger partial charge in [0.05, 0.1) is 12.7 Å². The maximum Gasteiger partial charge on any atom is 0.255 e. The van der Waals surface area contributed by atoms with Crippen molar-refractivity contribution in [3.8, 4) is 17.4 Å². The van der Waals surface area contributed by atoms with E-state index in [0.29, 0.717) is 28.5 Å². The molecule has 0 aliphatic rings. The summed E-state index contributed by atoms with van der Waals surface area (Å²) in [5.41, 5.74) is 2.26. The van der Waals surface area contributed by atoms with Crippen LogP contribution in [0.4, 0.5) is 5.82 Å². The van der Waals surface area contributed by atoms with Crippen molar-refractivity contribution in [2.75, 3.05) is 5.32 Å². The van der Waals surface area contributed by atoms with Gasteiger partial charge in [0.1, 0.15) is 11.5 Å². The number of hydrogen-bond acceptors (Lipinski definition) is 5. The lowest BCUT2D eigenvalue weighted by molar-refractivity contribution is -0.115. The predicted molar refractivity (Wildman–Crippen MR) is 125 cm³/mol. The van der Waals surface area contributed by atoms with Crippen LogP contribution in [0, 0.1) is 13.8 Å². The number of fused-ring (bicyclic) bond motifs is 1. The Morgan fingerprint density at radius 2 is 1.91 bits per heavy atom. The number of rotatable bonds is 5. The van der Waals surface area contributed by atoms with Gasteiger partial charge in [-0.3, -0.25) is 14.6 Å². The summed E-state index contributed by atoms with van der Waals surface area (Å²) in [6.45, 7) is 3.46. The second kappa shape index (κ2) is 8.23. The zero-order valence-corrected chi connectivity index (χ0v) is 18.1. The Labute approximate surface area is 188 Å². The minimum absolute atomic E-state index is 0.180. The van der Waals surface area contributed by atoms with Gasteiger partial charge in [-0.1, -0.05) is 42.5 Å². The van der Waals surface area contributed by atoms with Crippen LogP contribution in [0.1, 0.15) is 16.8 Å². The predicted octanol–water partition coefficient (Wildman–Crippen LogP) is 4.17. The van der Waals surface area contributed by atoms with Gasteiger partial charge >= 0.3 is 0 Å². The number of aromatic amines is 1. The lowest BCUT2D eigenvalue weighted by atomic mass is 10.0. The van der Waals surface area contributed by atoms with Crippen LogP contribution in [0.15, 0.2) is 76.1 Å². The number of carbonyl (C=O) groups is 1. The molecule has 0 spiro atoms. The third-order valence-corrected chi connectivity index (χ3v) is 5.56. The fourth-order valence-electron chi connectivity index (χ4n) is 3.71. The maximum atomic E-state index is 13.0. The molecule has 3 heterocycles. The lowest BCUT2D eigenvalue weighted by Gasteiger charge is -2.10. The van der Waals surface area contributed by atoms with Crippen LogP contribution in [0.3, 0.4) is 0 Å². The first-order valence-electron chi connectivity index (χ1n) is 10.5. The molecule has 0 saturated carbocycles. The van der Waals surface area contributed by atoms with Gasteiger partial charge in [0.25, 0.3) is 5.56 Å². The van der Waals surface area contributed by atoms with Crippen LogP contribution < -0.4 is 10.9 Å². The van der Waals surface area contributed by atoms with Crippen LogP contribution in [0.25, 0.3) is 28.2 Å². The van der Waals surface area contributed by atoms with Crippen molar-refractivity contribution >= 4 is 22.5 Å². The molecule has 2 N–H and O–H groups in total. The van der Waals surface area contributed by atoms with E-state index >= 15 is 0 Å². The second-order valence-corrected chi connectivity index (χ2v) is 7.77. The van der Waals surface area contributed by atoms with Crippen molar-refractivity contribution in [1.82, 2.24) is 19.7 Å². The number of aryl methyl sites for hydroxylation is 1. The molecule has 0 radical (unpaired) electrons. The van der Waals surface area contributed by atoms with Crippen LogP contribution in [-0.4, -0.2) is 25.7 Å². The van der Waals surface area contributed by atoms with Crippen LogP contribution in [-0.2, 0) is 11.2 Å². The minimum atomic E-state index is -0.263. The lowest BCUT2D eigenvalue weighted by Crippen LogP contribution is -2.21. The molecule has 5 rings (SSSR count). The van der Waals surface area contributed by atoms with E-state index in [1.807, 2.05) is 42.5 Å². The van der Waals surface area contributed by atoms with Crippen molar-refractivity contribution in [3.05, 3.63) is 94.1 Å². The smallest absolute Gasteiger partial charge is 0.255 e. The Hall–Kier alpha value is -4.46. The summed E-state index contributed by atoms with van der Waals surface area (Å²) in [5, 5.41) is 9.54. The fourth-order valence-corrected chi connectivity index (χ4v) is 3.71. The van der Waals surface area contributed by atoms with Gasteiger partial charge in [0, 0.05) is 17.3 Å². The number of carbonyl (C=O) groups excluding carboxylic acids is 1. The monoisotopic (exact) mass is 439 g/mol. The van der Waals surface area contributed by atoms with Crippen molar-refractivity contribution in [2.45, 2.75) is 20.3 Å². The molecule has 0 atom stereocenters. The number of nitrogens with one attached hydrogen (secondary N) is 2. The van der Waals surface area contributed by atoms with Crippen molar-refractivity contribution in [3.63, 3.8) is 0 Å². The molecule has 1 amide bonds. The van der Waals surface area contributed by atoms with Gasteiger partial charge in [-0.25, -0.2) is 4.98 Å². The van der Waals surface area contributed by atoms with Gasteiger partial charge in [-0.15, -0.1) is 0 Å². The first kappa shape index (κ1) is 20.4. The topological polar surface area (TPSA) is 106 Å². The highest BCUT2D eigenvalue weighted by molar-refractivity contribution is 5.96. The molecule has 0 aliphatic carbocycles. The molecule has 0 fully saturated rings. The molecular weight excluding hydrogens is 418 g/mol. The number of furan rings is 1. The van der Waals surface area contributed by atoms with Crippen LogP contribution in [0.5, 0.6) is 0 Å². The summed E-state index contributed by atoms with van der Waals surface area (Å²) in [6, 6.07) is 19.1. The van der Waals surface area contributed by atoms with Gasteiger partial charge in [-0.05, 0) is 42.3 Å². The quantitative estimate of drug-likeness (QED) is 0.428. The Kier molecular flexibility index (Phi) is 5.10. The molecule has 8 nitrogen and oxygen atoms in total. The third kappa shape index (κ3) is 3.94. The average molecular weight is 439 g/mol. The summed E-state index contributed by atoms with van der Waals surface area (Å²) >= 11 is 0. The Morgan fingerprint density at radius 1 is 1.09 bits per heavy atom. The minimum Gasteiger partial charge on any atom is -0.463 e. The molecule has 0 saturated heterocycles. The number of hydrogen-bond donors (Lipinski definition) is 2. The Morgan fingerprint density at radius 3 is 2.70 bits per heavy atom. The summed E-state index contributed by atoms with van der Waals surface area (Å²) in [7, 11) is 0. The molecule has 164 valence electrons. The van der Waals surface area contributed by atoms with E-state index in [9.17, 15) is 9.59 Å². The first-order valence-corrected chi connectivity index (χ1v) is 10.5. The molecule has 2 aromatic carbocycles. The summed E-state index contributed by atoms with van der Waals surface area (Å²) in [5.74, 6) is 0.897. The third-order valence-electron chi connectivity index (χ3n) is 5.56. The molecule has 0 unspecified atom stereocenters. The van der Waals surface area contributed by atoms with E-state index in [1.165, 1.54) is 4.68 Å². The molecule has 33 heavy (non-hydrogen) atoms. The summed E-state index contributed by atoms with van der Waals surface area (Å²) < 4.78 is 6.87. The summed E-state index contributed by atoms with van der Waals surface area (Å²) in [4.78, 5) is 32.5. The molecule has 8 heteroatoms. The second-order valence-electron chi connectivity index (χ2n) is 7.77. The molecular formula is C25H21N5O3. The number of H-pyrrole nitrogens is 1. The van der Waals surface area contributed by atoms with E-state index in [1.54, 1.807) is 38.3 Å². The van der Waals surface area contributed by atoms with E-state index < -0.39 is 0 Å². The normalized spacial score (nSPS) is 11.1. The standard InChI is InChI=1S/C25H21N5O3/c1-15-16(2)26-25(28-24(15)32)30-22(14-20(29-30)21-11-6-12-33-21)27-23(31)13-18-9-5-8-17-7-3-4-10-19(17)18/h3-12,14H,13H2,1-2H3,(H,27,31)(H,26,28,32). The van der Waals surface area contributed by atoms with Gasteiger partial charge in [0.15, 0.2) is 5.76 Å². The molecule has 5 aromatic rings. The van der Waals surface area contributed by atoms with Crippen LogP contribution >= 0.6 is 0 Å². The highest BCUT2D eigenvalue weighted by atomic mass is 16.3. The number of benzene rings is 2. The number of aromatic nitrogens is 4. The van der Waals surface area contributed by atoms with Gasteiger partial charge in [0.2, 0.25) is 11.9 Å². The average Bonchev–Trinajstić information content (AvgIpc) is 3.48. The number of anilines is 1. The zero-order chi connectivity index (χ0) is 22.9. The molecule has 0 bridgehead atoms. The van der Waals surface area contributed by atoms with Gasteiger partial charge < -0.3 is 9.73 Å². The van der Waals surface area contributed by atoms with Gasteiger partial charge in [-0.2, -0.15) is 9.78 Å². The van der Waals surface area contributed by atoms with E-state index in [2.05, 4.69) is 20.4 Å². The van der Waals surface area contributed by atoms with Crippen LogP contribution in [0.2, 0.25) is 0 Å². The largest absolute Gasteiger partial charge is 0.463 e. The number of nitrogens with zero attached hydrogens (tertiary/aromatic N) is 3. The Balaban J connectivity index is 1.52. The first-order chi connectivity index (χ1) is 16.0. The van der Waals surface area contributed by atoms with E-state index in [4.69, 9.17) is 4.42 Å². The highest BCUT2D eigenvalue weighted by Crippen LogP contribution is 2.25. The van der Waals surface area contributed by atoms with E-state index in [-0.39, 0.29) is 23.8 Å². The highest BCUT2D eigenvalue weighted by Gasteiger charge is 2.18. The maximum absolute atomic E-state index is 13.0. The Bertz CT molecular complexity index is 1520. The zero-order valence-electron chi connectivity index (χ0n) is 18.1. The fraction of sp³-hybridized carbons (Fsp3) is 0.120. The van der Waals surface area contributed by atoms with Crippen molar-refractivity contribution in [2.24, 2.45) is 0 Å². The molecule has 3 aromatic heterocycles. The summed E-state index contributed by atoms with van der Waals surface area (Å²) in [6.07, 6.45) is 1.72. The SMILES string of the molecule is Cc1nc(-n2nc(-c3ccco3)cc2NC(=O)Cc2cccc3ccccc23)[nH]c(=O)c1C. The van der Waals surface area contributed by atoms with Crippen molar-refractivity contribution < 1.29 is 9.21 Å². The van der Waals surface area contributed by atoms with Crippen molar-refractivity contribution in [1.29, 1.82) is 0 Å².